The molecule has 5 rings (SSSR count). The molecule has 0 saturated carbocycles. The minimum Gasteiger partial charge on any atom is -0.497 e. The molecule has 34 heavy (non-hydrogen) atoms. The van der Waals surface area contributed by atoms with Crippen molar-refractivity contribution in [3.63, 3.8) is 0 Å². The normalized spacial score (nSPS) is 13.2. The second kappa shape index (κ2) is 8.90. The second-order valence-electron chi connectivity index (χ2n) is 8.80. The first-order valence-corrected chi connectivity index (χ1v) is 12.0. The highest BCUT2D eigenvalue weighted by molar-refractivity contribution is 5.85. The van der Waals surface area contributed by atoms with E-state index in [1.54, 1.807) is 14.2 Å². The third-order valence-corrected chi connectivity index (χ3v) is 7.38. The van der Waals surface area contributed by atoms with Gasteiger partial charge >= 0.3 is 0 Å². The Bertz CT molecular complexity index is 1240. The van der Waals surface area contributed by atoms with Crippen LogP contribution in [-0.2, 0) is 5.41 Å². The minimum absolute atomic E-state index is 0.0351. The highest BCUT2D eigenvalue weighted by Crippen LogP contribution is 2.54. The topological polar surface area (TPSA) is 21.7 Å². The predicted octanol–water partition coefficient (Wildman–Crippen LogP) is 8.26. The third kappa shape index (κ3) is 3.43. The SMILES string of the molecule is CCC1(CC)c2ccccc2-c2ccc(N(c3ccc(OC)cc3)c3ccc(OC)cc3)cc21. The molecule has 0 aliphatic heterocycles. The van der Waals surface area contributed by atoms with Crippen LogP contribution >= 0.6 is 0 Å². The van der Waals surface area contributed by atoms with Gasteiger partial charge in [0.2, 0.25) is 0 Å². The van der Waals surface area contributed by atoms with Crippen molar-refractivity contribution in [2.24, 2.45) is 0 Å². The Labute approximate surface area is 202 Å². The molecule has 4 aromatic carbocycles. The third-order valence-electron chi connectivity index (χ3n) is 7.38. The molecular weight excluding hydrogens is 418 g/mol. The van der Waals surface area contributed by atoms with Crippen LogP contribution in [0.2, 0.25) is 0 Å². The van der Waals surface area contributed by atoms with Crippen molar-refractivity contribution >= 4 is 17.1 Å². The van der Waals surface area contributed by atoms with Crippen LogP contribution in [0, 0.1) is 0 Å². The first-order chi connectivity index (χ1) is 16.6. The molecule has 3 heteroatoms. The van der Waals surface area contributed by atoms with E-state index in [1.165, 1.54) is 22.3 Å². The molecule has 0 saturated heterocycles. The second-order valence-corrected chi connectivity index (χ2v) is 8.80. The number of methoxy groups -OCH3 is 2. The molecule has 0 heterocycles. The summed E-state index contributed by atoms with van der Waals surface area (Å²) in [4.78, 5) is 2.30. The summed E-state index contributed by atoms with van der Waals surface area (Å²) < 4.78 is 10.8. The highest BCUT2D eigenvalue weighted by atomic mass is 16.5. The van der Waals surface area contributed by atoms with Crippen LogP contribution < -0.4 is 14.4 Å². The molecule has 0 bridgehead atoms. The lowest BCUT2D eigenvalue weighted by atomic mass is 9.74. The number of anilines is 3. The highest BCUT2D eigenvalue weighted by Gasteiger charge is 2.40. The Hall–Kier alpha value is -3.72. The van der Waals surface area contributed by atoms with Gasteiger partial charge in [-0.25, -0.2) is 0 Å². The average molecular weight is 450 g/mol. The summed E-state index contributed by atoms with van der Waals surface area (Å²) in [5, 5.41) is 0. The molecule has 0 aromatic heterocycles. The molecule has 0 unspecified atom stereocenters. The van der Waals surface area contributed by atoms with E-state index in [0.29, 0.717) is 0 Å². The van der Waals surface area contributed by atoms with Crippen LogP contribution in [0.4, 0.5) is 17.1 Å². The Morgan fingerprint density at radius 1 is 0.588 bits per heavy atom. The lowest BCUT2D eigenvalue weighted by Gasteiger charge is -2.31. The zero-order chi connectivity index (χ0) is 23.7. The van der Waals surface area contributed by atoms with Crippen molar-refractivity contribution in [2.45, 2.75) is 32.1 Å². The number of ether oxygens (including phenoxy) is 2. The van der Waals surface area contributed by atoms with Crippen molar-refractivity contribution in [1.82, 2.24) is 0 Å². The Morgan fingerprint density at radius 2 is 1.09 bits per heavy atom. The molecule has 1 aliphatic carbocycles. The van der Waals surface area contributed by atoms with Gasteiger partial charge in [-0.15, -0.1) is 0 Å². The summed E-state index contributed by atoms with van der Waals surface area (Å²) in [6.07, 6.45) is 2.14. The monoisotopic (exact) mass is 449 g/mol. The molecule has 3 nitrogen and oxygen atoms in total. The van der Waals surface area contributed by atoms with Crippen LogP contribution in [-0.4, -0.2) is 14.2 Å². The van der Waals surface area contributed by atoms with Crippen molar-refractivity contribution in [3.05, 3.63) is 102 Å². The van der Waals surface area contributed by atoms with Crippen molar-refractivity contribution in [2.75, 3.05) is 19.1 Å². The zero-order valence-electron chi connectivity index (χ0n) is 20.3. The molecule has 172 valence electrons. The molecular formula is C31H31NO2. The summed E-state index contributed by atoms with van der Waals surface area (Å²) in [7, 11) is 3.40. The molecule has 0 radical (unpaired) electrons. The maximum atomic E-state index is 5.41. The van der Waals surface area contributed by atoms with Gasteiger partial charge in [0.15, 0.2) is 0 Å². The quantitative estimate of drug-likeness (QED) is 0.283. The van der Waals surface area contributed by atoms with Crippen molar-refractivity contribution in [3.8, 4) is 22.6 Å². The van der Waals surface area contributed by atoms with E-state index in [0.717, 1.165) is 41.4 Å². The minimum atomic E-state index is 0.0351. The maximum absolute atomic E-state index is 5.41. The number of fused-ring (bicyclic) bond motifs is 3. The fourth-order valence-electron chi connectivity index (χ4n) is 5.50. The number of hydrogen-bond acceptors (Lipinski definition) is 3. The zero-order valence-corrected chi connectivity index (χ0v) is 20.3. The Kier molecular flexibility index (Phi) is 5.79. The van der Waals surface area contributed by atoms with Gasteiger partial charge in [-0.3, -0.25) is 0 Å². The fraction of sp³-hybridized carbons (Fsp3) is 0.226. The lowest BCUT2D eigenvalue weighted by molar-refractivity contribution is 0.415. The van der Waals surface area contributed by atoms with E-state index in [-0.39, 0.29) is 5.41 Å². The first-order valence-electron chi connectivity index (χ1n) is 12.0. The standard InChI is InChI=1S/C31H31NO2/c1-5-31(6-2)29-10-8-7-9-27(29)28-20-15-24(21-30(28)31)32(22-11-16-25(33-3)17-12-22)23-13-18-26(34-4)19-14-23/h7-21H,5-6H2,1-4H3. The van der Waals surface area contributed by atoms with Gasteiger partial charge in [0.05, 0.1) is 14.2 Å². The smallest absolute Gasteiger partial charge is 0.119 e. The van der Waals surface area contributed by atoms with E-state index in [1.807, 2.05) is 24.3 Å². The number of rotatable bonds is 7. The van der Waals surface area contributed by atoms with Gasteiger partial charge in [0.1, 0.15) is 11.5 Å². The van der Waals surface area contributed by atoms with Gasteiger partial charge in [-0.2, -0.15) is 0 Å². The van der Waals surface area contributed by atoms with E-state index in [4.69, 9.17) is 9.47 Å². The number of hydrogen-bond donors (Lipinski definition) is 0. The van der Waals surface area contributed by atoms with Gasteiger partial charge in [-0.1, -0.05) is 44.2 Å². The summed E-state index contributed by atoms with van der Waals surface area (Å²) in [5.41, 5.74) is 8.94. The average Bonchev–Trinajstić information content (AvgIpc) is 3.19. The van der Waals surface area contributed by atoms with Gasteiger partial charge in [0.25, 0.3) is 0 Å². The molecule has 0 spiro atoms. The predicted molar refractivity (Wildman–Crippen MR) is 141 cm³/mol. The van der Waals surface area contributed by atoms with Crippen LogP contribution in [0.25, 0.3) is 11.1 Å². The Balaban J connectivity index is 1.69. The Morgan fingerprint density at radius 3 is 1.62 bits per heavy atom. The van der Waals surface area contributed by atoms with Crippen molar-refractivity contribution in [1.29, 1.82) is 0 Å². The molecule has 0 atom stereocenters. The van der Waals surface area contributed by atoms with Gasteiger partial charge in [0, 0.05) is 22.5 Å². The molecule has 0 fully saturated rings. The van der Waals surface area contributed by atoms with Gasteiger partial charge in [-0.05, 0) is 95.8 Å². The summed E-state index contributed by atoms with van der Waals surface area (Å²) in [5.74, 6) is 1.69. The van der Waals surface area contributed by atoms with Crippen LogP contribution in [0.1, 0.15) is 37.8 Å². The maximum Gasteiger partial charge on any atom is 0.119 e. The number of nitrogens with zero attached hydrogens (tertiary/aromatic N) is 1. The lowest BCUT2D eigenvalue weighted by Crippen LogP contribution is -2.23. The first kappa shape index (κ1) is 22.1. The summed E-state index contributed by atoms with van der Waals surface area (Å²) in [6, 6.07) is 32.3. The van der Waals surface area contributed by atoms with E-state index in [2.05, 4.69) is 85.5 Å². The van der Waals surface area contributed by atoms with Gasteiger partial charge < -0.3 is 14.4 Å². The molecule has 4 aromatic rings. The van der Waals surface area contributed by atoms with Crippen LogP contribution in [0.5, 0.6) is 11.5 Å². The molecule has 0 N–H and O–H groups in total. The summed E-state index contributed by atoms with van der Waals surface area (Å²) in [6.45, 7) is 4.62. The number of benzene rings is 4. The van der Waals surface area contributed by atoms with Crippen molar-refractivity contribution < 1.29 is 9.47 Å². The van der Waals surface area contributed by atoms with E-state index >= 15 is 0 Å². The largest absolute Gasteiger partial charge is 0.497 e. The fourth-order valence-corrected chi connectivity index (χ4v) is 5.50. The van der Waals surface area contributed by atoms with E-state index in [9.17, 15) is 0 Å². The van der Waals surface area contributed by atoms with Crippen LogP contribution in [0.3, 0.4) is 0 Å². The molecule has 1 aliphatic rings. The molecule has 0 amide bonds. The summed E-state index contributed by atoms with van der Waals surface area (Å²) >= 11 is 0. The van der Waals surface area contributed by atoms with E-state index < -0.39 is 0 Å². The van der Waals surface area contributed by atoms with Crippen LogP contribution in [0.15, 0.2) is 91.0 Å².